The monoisotopic (exact) mass is 367 g/mol. The quantitative estimate of drug-likeness (QED) is 0.729. The van der Waals surface area contributed by atoms with Crippen LogP contribution in [0.3, 0.4) is 0 Å². The van der Waals surface area contributed by atoms with E-state index in [1.165, 1.54) is 6.07 Å². The number of benzene rings is 2. The van der Waals surface area contributed by atoms with Crippen LogP contribution < -0.4 is 5.73 Å². The number of halogens is 4. The van der Waals surface area contributed by atoms with Crippen molar-refractivity contribution in [1.82, 2.24) is 9.55 Å². The van der Waals surface area contributed by atoms with Gasteiger partial charge in [-0.05, 0) is 35.9 Å². The lowest BCUT2D eigenvalue weighted by Gasteiger charge is -2.10. The van der Waals surface area contributed by atoms with Crippen molar-refractivity contribution in [3.05, 3.63) is 75.7 Å². The molecule has 1 heterocycles. The molecule has 0 saturated carbocycles. The fraction of sp³-hybridized carbons (Fsp3) is 0.118. The SMILES string of the molecule is NCc1c(-c2ccc(Cl)cc2Cl)ncn1Cc1ccc(F)c(F)c1. The van der Waals surface area contributed by atoms with Crippen molar-refractivity contribution in [2.45, 2.75) is 13.1 Å². The largest absolute Gasteiger partial charge is 0.328 e. The molecule has 0 radical (unpaired) electrons. The van der Waals surface area contributed by atoms with Crippen LogP contribution in [0.5, 0.6) is 0 Å². The molecule has 0 aliphatic heterocycles. The van der Waals surface area contributed by atoms with Gasteiger partial charge in [-0.2, -0.15) is 0 Å². The number of aromatic nitrogens is 2. The summed E-state index contributed by atoms with van der Waals surface area (Å²) in [6.45, 7) is 0.542. The molecule has 7 heteroatoms. The van der Waals surface area contributed by atoms with Crippen molar-refractivity contribution < 1.29 is 8.78 Å². The highest BCUT2D eigenvalue weighted by Crippen LogP contribution is 2.31. The number of nitrogens with zero attached hydrogens (tertiary/aromatic N) is 2. The molecule has 0 bridgehead atoms. The van der Waals surface area contributed by atoms with Gasteiger partial charge in [0.05, 0.1) is 22.7 Å². The van der Waals surface area contributed by atoms with E-state index in [1.807, 2.05) is 0 Å². The first-order chi connectivity index (χ1) is 11.5. The average Bonchev–Trinajstić information content (AvgIpc) is 2.93. The second-order valence-electron chi connectivity index (χ2n) is 5.24. The van der Waals surface area contributed by atoms with E-state index in [0.29, 0.717) is 33.4 Å². The van der Waals surface area contributed by atoms with Crippen LogP contribution in [0.2, 0.25) is 10.0 Å². The minimum atomic E-state index is -0.886. The Morgan fingerprint density at radius 2 is 1.83 bits per heavy atom. The van der Waals surface area contributed by atoms with E-state index in [0.717, 1.165) is 17.8 Å². The van der Waals surface area contributed by atoms with Crippen LogP contribution in [0.15, 0.2) is 42.7 Å². The summed E-state index contributed by atoms with van der Waals surface area (Å²) in [7, 11) is 0. The van der Waals surface area contributed by atoms with Crippen molar-refractivity contribution >= 4 is 23.2 Å². The molecular weight excluding hydrogens is 355 g/mol. The van der Waals surface area contributed by atoms with Crippen LogP contribution in [0, 0.1) is 11.6 Å². The second kappa shape index (κ2) is 6.89. The van der Waals surface area contributed by atoms with Gasteiger partial charge in [-0.3, -0.25) is 0 Å². The van der Waals surface area contributed by atoms with Crippen LogP contribution in [-0.2, 0) is 13.1 Å². The van der Waals surface area contributed by atoms with Crippen molar-refractivity contribution in [2.75, 3.05) is 0 Å². The zero-order chi connectivity index (χ0) is 17.3. The summed E-state index contributed by atoms with van der Waals surface area (Å²) in [4.78, 5) is 4.37. The van der Waals surface area contributed by atoms with Crippen LogP contribution in [0.4, 0.5) is 8.78 Å². The minimum Gasteiger partial charge on any atom is -0.328 e. The van der Waals surface area contributed by atoms with Crippen LogP contribution >= 0.6 is 23.2 Å². The summed E-state index contributed by atoms with van der Waals surface area (Å²) in [5.41, 5.74) is 8.56. The number of nitrogens with two attached hydrogens (primary N) is 1. The Bertz CT molecular complexity index is 894. The molecule has 0 fully saturated rings. The highest BCUT2D eigenvalue weighted by molar-refractivity contribution is 6.36. The Morgan fingerprint density at radius 3 is 2.50 bits per heavy atom. The molecule has 0 saturated heterocycles. The molecule has 3 aromatic rings. The Morgan fingerprint density at radius 1 is 1.04 bits per heavy atom. The highest BCUT2D eigenvalue weighted by atomic mass is 35.5. The van der Waals surface area contributed by atoms with E-state index in [-0.39, 0.29) is 6.54 Å². The van der Waals surface area contributed by atoms with Crippen LogP contribution in [0.1, 0.15) is 11.3 Å². The molecule has 0 aliphatic carbocycles. The molecule has 0 spiro atoms. The molecule has 3 nitrogen and oxygen atoms in total. The van der Waals surface area contributed by atoms with Gasteiger partial charge in [0, 0.05) is 23.7 Å². The van der Waals surface area contributed by atoms with Gasteiger partial charge in [0.1, 0.15) is 0 Å². The van der Waals surface area contributed by atoms with Crippen LogP contribution in [-0.4, -0.2) is 9.55 Å². The fourth-order valence-corrected chi connectivity index (χ4v) is 3.00. The van der Waals surface area contributed by atoms with Crippen LogP contribution in [0.25, 0.3) is 11.3 Å². The predicted molar refractivity (Wildman–Crippen MR) is 91.0 cm³/mol. The van der Waals surface area contributed by atoms with E-state index in [1.54, 1.807) is 29.1 Å². The van der Waals surface area contributed by atoms with Crippen molar-refractivity contribution in [3.63, 3.8) is 0 Å². The highest BCUT2D eigenvalue weighted by Gasteiger charge is 2.15. The molecule has 2 aromatic carbocycles. The number of hydrogen-bond acceptors (Lipinski definition) is 2. The molecule has 0 amide bonds. The predicted octanol–water partition coefficient (Wildman–Crippen LogP) is 4.64. The molecule has 24 heavy (non-hydrogen) atoms. The van der Waals surface area contributed by atoms with Gasteiger partial charge in [0.25, 0.3) is 0 Å². The lowest BCUT2D eigenvalue weighted by Crippen LogP contribution is -2.09. The summed E-state index contributed by atoms with van der Waals surface area (Å²) in [6, 6.07) is 8.90. The summed E-state index contributed by atoms with van der Waals surface area (Å²) in [6.07, 6.45) is 1.60. The standard InChI is InChI=1S/C17H13Cl2F2N3/c18-11-2-3-12(13(19)6-11)17-16(7-22)24(9-23-17)8-10-1-4-14(20)15(21)5-10/h1-6,9H,7-8,22H2. The summed E-state index contributed by atoms with van der Waals surface area (Å²) in [5, 5.41) is 0.995. The third-order valence-corrected chi connectivity index (χ3v) is 4.21. The fourth-order valence-electron chi connectivity index (χ4n) is 2.50. The number of imidazole rings is 1. The third-order valence-electron chi connectivity index (χ3n) is 3.66. The molecular formula is C17H13Cl2F2N3. The summed E-state index contributed by atoms with van der Waals surface area (Å²) in [5.74, 6) is -1.76. The minimum absolute atomic E-state index is 0.220. The first-order valence-corrected chi connectivity index (χ1v) is 7.88. The topological polar surface area (TPSA) is 43.8 Å². The summed E-state index contributed by atoms with van der Waals surface area (Å²) < 4.78 is 28.2. The summed E-state index contributed by atoms with van der Waals surface area (Å²) >= 11 is 12.2. The lowest BCUT2D eigenvalue weighted by atomic mass is 10.1. The average molecular weight is 368 g/mol. The zero-order valence-corrected chi connectivity index (χ0v) is 14.0. The Balaban J connectivity index is 1.99. The molecule has 2 N–H and O–H groups in total. The van der Waals surface area contributed by atoms with Crippen molar-refractivity contribution in [3.8, 4) is 11.3 Å². The molecule has 0 atom stereocenters. The molecule has 1 aromatic heterocycles. The van der Waals surface area contributed by atoms with Crippen molar-refractivity contribution in [2.24, 2.45) is 5.73 Å². The normalized spacial score (nSPS) is 11.0. The number of hydrogen-bond donors (Lipinski definition) is 1. The number of rotatable bonds is 4. The maximum absolute atomic E-state index is 13.4. The van der Waals surface area contributed by atoms with Gasteiger partial charge in [-0.1, -0.05) is 29.3 Å². The van der Waals surface area contributed by atoms with Gasteiger partial charge in [0.15, 0.2) is 11.6 Å². The van der Waals surface area contributed by atoms with E-state index < -0.39 is 11.6 Å². The zero-order valence-electron chi connectivity index (χ0n) is 12.4. The molecule has 0 unspecified atom stereocenters. The van der Waals surface area contributed by atoms with Gasteiger partial charge in [0.2, 0.25) is 0 Å². The lowest BCUT2D eigenvalue weighted by molar-refractivity contribution is 0.506. The third kappa shape index (κ3) is 3.29. The molecule has 0 aliphatic rings. The Labute approximate surface area is 147 Å². The maximum atomic E-state index is 13.4. The van der Waals surface area contributed by atoms with Crippen molar-refractivity contribution in [1.29, 1.82) is 0 Å². The van der Waals surface area contributed by atoms with E-state index in [9.17, 15) is 8.78 Å². The Kier molecular flexibility index (Phi) is 4.85. The van der Waals surface area contributed by atoms with E-state index in [2.05, 4.69) is 4.98 Å². The van der Waals surface area contributed by atoms with E-state index in [4.69, 9.17) is 28.9 Å². The van der Waals surface area contributed by atoms with Gasteiger partial charge >= 0.3 is 0 Å². The van der Waals surface area contributed by atoms with Gasteiger partial charge < -0.3 is 10.3 Å². The second-order valence-corrected chi connectivity index (χ2v) is 6.09. The van der Waals surface area contributed by atoms with E-state index >= 15 is 0 Å². The first kappa shape index (κ1) is 16.9. The van der Waals surface area contributed by atoms with Gasteiger partial charge in [-0.25, -0.2) is 13.8 Å². The first-order valence-electron chi connectivity index (χ1n) is 7.13. The smallest absolute Gasteiger partial charge is 0.159 e. The van der Waals surface area contributed by atoms with Gasteiger partial charge in [-0.15, -0.1) is 0 Å². The maximum Gasteiger partial charge on any atom is 0.159 e. The Hall–Kier alpha value is -1.95. The molecule has 3 rings (SSSR count). The molecule has 124 valence electrons.